The zero-order valence-corrected chi connectivity index (χ0v) is 11.8. The smallest absolute Gasteiger partial charge is 0.225 e. The van der Waals surface area contributed by atoms with Gasteiger partial charge in [-0.2, -0.15) is 0 Å². The predicted octanol–water partition coefficient (Wildman–Crippen LogP) is 1.05. The Balaban J connectivity index is 2.36. The molecule has 0 aliphatic rings. The minimum atomic E-state index is -0.0322. The highest BCUT2D eigenvalue weighted by atomic mass is 16.3. The van der Waals surface area contributed by atoms with Gasteiger partial charge in [0.15, 0.2) is 0 Å². The molecule has 1 unspecified atom stereocenters. The first kappa shape index (κ1) is 15.5. The first-order chi connectivity index (χ1) is 9.02. The topological polar surface area (TPSA) is 64.6 Å². The summed E-state index contributed by atoms with van der Waals surface area (Å²) in [4.78, 5) is 13.7. The van der Waals surface area contributed by atoms with E-state index in [-0.39, 0.29) is 18.6 Å². The van der Waals surface area contributed by atoms with Crippen LogP contribution in [0.15, 0.2) is 24.3 Å². The van der Waals surface area contributed by atoms with Crippen LogP contribution in [0.4, 0.5) is 11.4 Å². The summed E-state index contributed by atoms with van der Waals surface area (Å²) in [5.74, 6) is -0.0322. The third-order valence-corrected chi connectivity index (χ3v) is 2.79. The van der Waals surface area contributed by atoms with Gasteiger partial charge in [-0.1, -0.05) is 0 Å². The SMILES string of the molecule is CC(CO)NCCC(=O)Nc1ccc(N(C)C)cc1. The molecular formula is C14H23N3O2. The molecule has 1 aromatic carbocycles. The van der Waals surface area contributed by atoms with Crippen LogP contribution in [0, 0.1) is 0 Å². The Bertz CT molecular complexity index is 390. The number of benzene rings is 1. The average Bonchev–Trinajstić information content (AvgIpc) is 2.39. The summed E-state index contributed by atoms with van der Waals surface area (Å²) in [6, 6.07) is 7.71. The average molecular weight is 265 g/mol. The molecule has 1 atom stereocenters. The van der Waals surface area contributed by atoms with Gasteiger partial charge in [0, 0.05) is 44.5 Å². The fourth-order valence-corrected chi connectivity index (χ4v) is 1.56. The highest BCUT2D eigenvalue weighted by molar-refractivity contribution is 5.91. The molecule has 0 aliphatic carbocycles. The summed E-state index contributed by atoms with van der Waals surface area (Å²) in [5, 5.41) is 14.7. The number of carbonyl (C=O) groups is 1. The van der Waals surface area contributed by atoms with Gasteiger partial charge in [0.05, 0.1) is 6.61 Å². The standard InChI is InChI=1S/C14H23N3O2/c1-11(10-18)15-9-8-14(19)16-12-4-6-13(7-5-12)17(2)3/h4-7,11,15,18H,8-10H2,1-3H3,(H,16,19). The van der Waals surface area contributed by atoms with E-state index < -0.39 is 0 Å². The maximum Gasteiger partial charge on any atom is 0.225 e. The molecule has 0 saturated carbocycles. The van der Waals surface area contributed by atoms with Crippen molar-refractivity contribution in [1.29, 1.82) is 0 Å². The molecule has 5 nitrogen and oxygen atoms in total. The first-order valence-electron chi connectivity index (χ1n) is 6.44. The third kappa shape index (κ3) is 5.72. The molecule has 0 heterocycles. The summed E-state index contributed by atoms with van der Waals surface area (Å²) in [5.41, 5.74) is 1.89. The lowest BCUT2D eigenvalue weighted by molar-refractivity contribution is -0.116. The largest absolute Gasteiger partial charge is 0.395 e. The van der Waals surface area contributed by atoms with Gasteiger partial charge < -0.3 is 20.6 Å². The van der Waals surface area contributed by atoms with Crippen molar-refractivity contribution in [1.82, 2.24) is 5.32 Å². The highest BCUT2D eigenvalue weighted by Gasteiger charge is 2.04. The van der Waals surface area contributed by atoms with E-state index >= 15 is 0 Å². The molecule has 0 saturated heterocycles. The van der Waals surface area contributed by atoms with Crippen LogP contribution in [0.3, 0.4) is 0 Å². The number of amides is 1. The summed E-state index contributed by atoms with van der Waals surface area (Å²) < 4.78 is 0. The van der Waals surface area contributed by atoms with Gasteiger partial charge in [-0.15, -0.1) is 0 Å². The highest BCUT2D eigenvalue weighted by Crippen LogP contribution is 2.15. The fraction of sp³-hybridized carbons (Fsp3) is 0.500. The van der Waals surface area contributed by atoms with Crippen LogP contribution in [0.2, 0.25) is 0 Å². The van der Waals surface area contributed by atoms with Crippen LogP contribution < -0.4 is 15.5 Å². The van der Waals surface area contributed by atoms with Gasteiger partial charge in [0.25, 0.3) is 0 Å². The van der Waals surface area contributed by atoms with E-state index in [1.807, 2.05) is 50.2 Å². The minimum Gasteiger partial charge on any atom is -0.395 e. The zero-order valence-electron chi connectivity index (χ0n) is 11.8. The monoisotopic (exact) mass is 265 g/mol. The maximum absolute atomic E-state index is 11.7. The molecule has 0 aromatic heterocycles. The fourth-order valence-electron chi connectivity index (χ4n) is 1.56. The number of aliphatic hydroxyl groups is 1. The second kappa shape index (κ2) is 7.76. The van der Waals surface area contributed by atoms with Crippen molar-refractivity contribution in [3.8, 4) is 0 Å². The molecule has 0 radical (unpaired) electrons. The molecule has 3 N–H and O–H groups in total. The Morgan fingerprint density at radius 1 is 1.32 bits per heavy atom. The molecule has 0 aliphatic heterocycles. The molecule has 0 bridgehead atoms. The van der Waals surface area contributed by atoms with Crippen molar-refractivity contribution in [2.75, 3.05) is 37.5 Å². The Hall–Kier alpha value is -1.59. The molecule has 1 aromatic rings. The van der Waals surface area contributed by atoms with Crippen LogP contribution in [0.5, 0.6) is 0 Å². The number of hydrogen-bond donors (Lipinski definition) is 3. The second-order valence-electron chi connectivity index (χ2n) is 4.78. The van der Waals surface area contributed by atoms with Crippen LogP contribution in [-0.2, 0) is 4.79 Å². The molecule has 19 heavy (non-hydrogen) atoms. The quantitative estimate of drug-likeness (QED) is 0.689. The lowest BCUT2D eigenvalue weighted by Crippen LogP contribution is -2.32. The molecule has 5 heteroatoms. The lowest BCUT2D eigenvalue weighted by atomic mass is 10.2. The summed E-state index contributed by atoms with van der Waals surface area (Å²) in [6.07, 6.45) is 0.389. The second-order valence-corrected chi connectivity index (χ2v) is 4.78. The van der Waals surface area contributed by atoms with Crippen LogP contribution in [-0.4, -0.2) is 44.3 Å². The Morgan fingerprint density at radius 2 is 1.95 bits per heavy atom. The predicted molar refractivity (Wildman–Crippen MR) is 78.6 cm³/mol. The number of carbonyl (C=O) groups excluding carboxylic acids is 1. The minimum absolute atomic E-state index is 0.0205. The van der Waals surface area contributed by atoms with Gasteiger partial charge >= 0.3 is 0 Å². The van der Waals surface area contributed by atoms with E-state index in [0.29, 0.717) is 13.0 Å². The number of anilines is 2. The third-order valence-electron chi connectivity index (χ3n) is 2.79. The van der Waals surface area contributed by atoms with E-state index in [9.17, 15) is 4.79 Å². The Morgan fingerprint density at radius 3 is 2.47 bits per heavy atom. The van der Waals surface area contributed by atoms with Gasteiger partial charge in [-0.25, -0.2) is 0 Å². The van der Waals surface area contributed by atoms with Crippen LogP contribution in [0.1, 0.15) is 13.3 Å². The van der Waals surface area contributed by atoms with E-state index in [1.54, 1.807) is 0 Å². The number of aliphatic hydroxyl groups excluding tert-OH is 1. The van der Waals surface area contributed by atoms with E-state index in [2.05, 4.69) is 10.6 Å². The number of hydrogen-bond acceptors (Lipinski definition) is 4. The number of nitrogens with zero attached hydrogens (tertiary/aromatic N) is 1. The molecule has 0 fully saturated rings. The maximum atomic E-state index is 11.7. The molecule has 106 valence electrons. The van der Waals surface area contributed by atoms with Crippen LogP contribution >= 0.6 is 0 Å². The van der Waals surface area contributed by atoms with Gasteiger partial charge in [-0.05, 0) is 31.2 Å². The summed E-state index contributed by atoms with van der Waals surface area (Å²) in [6.45, 7) is 2.51. The van der Waals surface area contributed by atoms with Crippen molar-refractivity contribution in [2.45, 2.75) is 19.4 Å². The first-order valence-corrected chi connectivity index (χ1v) is 6.44. The molecule has 1 amide bonds. The normalized spacial score (nSPS) is 12.0. The van der Waals surface area contributed by atoms with Crippen molar-refractivity contribution in [2.24, 2.45) is 0 Å². The Labute approximate surface area is 114 Å². The van der Waals surface area contributed by atoms with Crippen molar-refractivity contribution < 1.29 is 9.90 Å². The van der Waals surface area contributed by atoms with E-state index in [1.165, 1.54) is 0 Å². The van der Waals surface area contributed by atoms with Crippen molar-refractivity contribution >= 4 is 17.3 Å². The zero-order chi connectivity index (χ0) is 14.3. The molecule has 1 rings (SSSR count). The van der Waals surface area contributed by atoms with Crippen molar-refractivity contribution in [3.63, 3.8) is 0 Å². The van der Waals surface area contributed by atoms with E-state index in [0.717, 1.165) is 11.4 Å². The van der Waals surface area contributed by atoms with Gasteiger partial charge in [0.2, 0.25) is 5.91 Å². The number of nitrogens with one attached hydrogen (secondary N) is 2. The van der Waals surface area contributed by atoms with Crippen LogP contribution in [0.25, 0.3) is 0 Å². The molecule has 0 spiro atoms. The van der Waals surface area contributed by atoms with Gasteiger partial charge in [-0.3, -0.25) is 4.79 Å². The summed E-state index contributed by atoms with van der Waals surface area (Å²) >= 11 is 0. The molecular weight excluding hydrogens is 242 g/mol. The van der Waals surface area contributed by atoms with E-state index in [4.69, 9.17) is 5.11 Å². The van der Waals surface area contributed by atoms with Gasteiger partial charge in [0.1, 0.15) is 0 Å². The lowest BCUT2D eigenvalue weighted by Gasteiger charge is -2.13. The Kier molecular flexibility index (Phi) is 6.32. The summed E-state index contributed by atoms with van der Waals surface area (Å²) in [7, 11) is 3.95. The number of rotatable bonds is 7. The van der Waals surface area contributed by atoms with Crippen molar-refractivity contribution in [3.05, 3.63) is 24.3 Å².